The molecule has 39 heavy (non-hydrogen) atoms. The Labute approximate surface area is 229 Å². The van der Waals surface area contributed by atoms with Gasteiger partial charge in [0, 0.05) is 5.56 Å². The number of Topliss-reactive ketones (excluding diaryl/α,β-unsaturated/α-hetero) is 1. The van der Waals surface area contributed by atoms with E-state index in [0.717, 1.165) is 29.1 Å². The van der Waals surface area contributed by atoms with Crippen LogP contribution in [0.3, 0.4) is 0 Å². The Morgan fingerprint density at radius 2 is 1.97 bits per heavy atom. The van der Waals surface area contributed by atoms with Crippen molar-refractivity contribution < 1.29 is 33.4 Å². The number of aromatic nitrogens is 1. The molecule has 3 aromatic rings. The molecule has 1 aromatic heterocycles. The molecular formula is C29H27FN2O6S. The number of hydrogen-bond donors (Lipinski definition) is 1. The average Bonchev–Trinajstić information content (AvgIpc) is 3.44. The highest BCUT2D eigenvalue weighted by Gasteiger charge is 2.48. The highest BCUT2D eigenvalue weighted by atomic mass is 32.1. The van der Waals surface area contributed by atoms with Crippen LogP contribution in [-0.2, 0) is 14.3 Å². The highest BCUT2D eigenvalue weighted by molar-refractivity contribution is 7.17. The van der Waals surface area contributed by atoms with E-state index in [1.807, 2.05) is 0 Å². The van der Waals surface area contributed by atoms with Crippen molar-refractivity contribution in [2.75, 3.05) is 18.1 Å². The number of rotatable bonds is 10. The van der Waals surface area contributed by atoms with Gasteiger partial charge in [0.1, 0.15) is 28.8 Å². The van der Waals surface area contributed by atoms with Gasteiger partial charge in [-0.05, 0) is 55.3 Å². The lowest BCUT2D eigenvalue weighted by Crippen LogP contribution is -2.29. The summed E-state index contributed by atoms with van der Waals surface area (Å²) in [6.45, 7) is 7.67. The van der Waals surface area contributed by atoms with Crippen LogP contribution in [-0.4, -0.2) is 41.0 Å². The lowest BCUT2D eigenvalue weighted by molar-refractivity contribution is -0.132. The van der Waals surface area contributed by atoms with Gasteiger partial charge in [-0.1, -0.05) is 49.5 Å². The molecule has 1 amide bonds. The van der Waals surface area contributed by atoms with Crippen molar-refractivity contribution in [1.29, 1.82) is 0 Å². The van der Waals surface area contributed by atoms with E-state index in [1.54, 1.807) is 37.3 Å². The van der Waals surface area contributed by atoms with Crippen LogP contribution in [0.2, 0.25) is 0 Å². The predicted molar refractivity (Wildman–Crippen MR) is 145 cm³/mol. The summed E-state index contributed by atoms with van der Waals surface area (Å²) < 4.78 is 25.1. The van der Waals surface area contributed by atoms with Gasteiger partial charge in [-0.2, -0.15) is 0 Å². The third-order valence-electron chi connectivity index (χ3n) is 6.01. The van der Waals surface area contributed by atoms with Crippen LogP contribution in [0.25, 0.3) is 5.76 Å². The molecule has 10 heteroatoms. The molecule has 0 radical (unpaired) electrons. The van der Waals surface area contributed by atoms with E-state index in [-0.39, 0.29) is 33.3 Å². The van der Waals surface area contributed by atoms with Crippen molar-refractivity contribution in [3.8, 4) is 5.75 Å². The second kappa shape index (κ2) is 12.0. The summed E-state index contributed by atoms with van der Waals surface area (Å²) in [6.07, 6.45) is 3.29. The van der Waals surface area contributed by atoms with Gasteiger partial charge in [-0.15, -0.1) is 0 Å². The fourth-order valence-electron chi connectivity index (χ4n) is 4.10. The molecule has 4 rings (SSSR count). The first kappa shape index (κ1) is 27.7. The molecule has 1 fully saturated rings. The summed E-state index contributed by atoms with van der Waals surface area (Å²) in [5.41, 5.74) is 0.594. The average molecular weight is 551 g/mol. The van der Waals surface area contributed by atoms with E-state index in [0.29, 0.717) is 18.1 Å². The van der Waals surface area contributed by atoms with Crippen LogP contribution in [0, 0.1) is 12.7 Å². The smallest absolute Gasteiger partial charge is 0.350 e. The number of halogens is 1. The van der Waals surface area contributed by atoms with Gasteiger partial charge in [0.15, 0.2) is 5.13 Å². The number of unbranched alkanes of at least 4 members (excludes halogenated alkanes) is 1. The summed E-state index contributed by atoms with van der Waals surface area (Å²) in [7, 11) is 0. The van der Waals surface area contributed by atoms with Gasteiger partial charge < -0.3 is 14.6 Å². The molecule has 8 nitrogen and oxygen atoms in total. The number of aliphatic hydroxyl groups is 1. The number of carbonyl (C=O) groups excluding carboxylic acids is 3. The normalized spacial score (nSPS) is 16.4. The number of ketones is 1. The fraction of sp³-hybridized carbons (Fsp3) is 0.241. The summed E-state index contributed by atoms with van der Waals surface area (Å²) in [6, 6.07) is 10.7. The number of esters is 1. The molecule has 0 aliphatic carbocycles. The molecule has 1 aliphatic heterocycles. The largest absolute Gasteiger partial charge is 0.507 e. The molecule has 0 spiro atoms. The van der Waals surface area contributed by atoms with E-state index in [4.69, 9.17) is 9.47 Å². The predicted octanol–water partition coefficient (Wildman–Crippen LogP) is 5.74. The van der Waals surface area contributed by atoms with Crippen molar-refractivity contribution in [2.24, 2.45) is 0 Å². The first-order chi connectivity index (χ1) is 18.8. The van der Waals surface area contributed by atoms with Gasteiger partial charge in [0.05, 0.1) is 23.9 Å². The summed E-state index contributed by atoms with van der Waals surface area (Å²) >= 11 is 0.863. The quantitative estimate of drug-likeness (QED) is 0.0857. The minimum atomic E-state index is -1.19. The molecule has 2 heterocycles. The van der Waals surface area contributed by atoms with Crippen molar-refractivity contribution in [3.05, 3.63) is 94.3 Å². The summed E-state index contributed by atoms with van der Waals surface area (Å²) in [5, 5.41) is 11.3. The number of aryl methyl sites for hydroxylation is 1. The Morgan fingerprint density at radius 1 is 1.23 bits per heavy atom. The van der Waals surface area contributed by atoms with Crippen LogP contribution in [0.1, 0.15) is 52.3 Å². The first-order valence-electron chi connectivity index (χ1n) is 12.3. The van der Waals surface area contributed by atoms with Crippen LogP contribution in [0.4, 0.5) is 9.52 Å². The first-order valence-corrected chi connectivity index (χ1v) is 13.1. The molecule has 1 N–H and O–H groups in total. The van der Waals surface area contributed by atoms with Gasteiger partial charge in [0.2, 0.25) is 0 Å². The summed E-state index contributed by atoms with van der Waals surface area (Å²) in [5.74, 6) is -3.01. The maximum atomic E-state index is 14.3. The minimum absolute atomic E-state index is 0.0122. The number of hydrogen-bond acceptors (Lipinski definition) is 8. The summed E-state index contributed by atoms with van der Waals surface area (Å²) in [4.78, 5) is 44.7. The molecule has 1 atom stereocenters. The monoisotopic (exact) mass is 550 g/mol. The third-order valence-corrected chi connectivity index (χ3v) is 7.15. The molecule has 1 saturated heterocycles. The Bertz CT molecular complexity index is 1450. The lowest BCUT2D eigenvalue weighted by atomic mass is 9.95. The molecule has 0 unspecified atom stereocenters. The number of aliphatic hydroxyl groups excluding tert-OH is 1. The van der Waals surface area contributed by atoms with Crippen molar-refractivity contribution >= 4 is 39.9 Å². The molecule has 2 aromatic carbocycles. The van der Waals surface area contributed by atoms with Gasteiger partial charge >= 0.3 is 11.9 Å². The Balaban J connectivity index is 1.80. The van der Waals surface area contributed by atoms with E-state index in [9.17, 15) is 23.9 Å². The number of benzene rings is 2. The maximum Gasteiger partial charge on any atom is 0.350 e. The Morgan fingerprint density at radius 3 is 2.64 bits per heavy atom. The zero-order chi connectivity index (χ0) is 28.1. The van der Waals surface area contributed by atoms with E-state index in [2.05, 4.69) is 18.5 Å². The standard InChI is InChI=1S/C29H27FN2O6S/c1-4-6-15-37-21-12-10-18(11-13-21)24(33)22-23(19-8-7-9-20(30)16-19)32(27(35)25(22)34)29-31-17(3)26(39-29)28(36)38-14-5-2/h5,7-13,16,23,33H,2,4,6,14-15H2,1,3H3/t23-/m1/s1. The van der Waals surface area contributed by atoms with Crippen molar-refractivity contribution in [2.45, 2.75) is 32.7 Å². The zero-order valence-corrected chi connectivity index (χ0v) is 22.3. The molecular weight excluding hydrogens is 523 g/mol. The van der Waals surface area contributed by atoms with Gasteiger partial charge in [-0.25, -0.2) is 14.2 Å². The number of nitrogens with zero attached hydrogens (tertiary/aromatic N) is 2. The molecule has 0 saturated carbocycles. The fourth-order valence-corrected chi connectivity index (χ4v) is 5.08. The zero-order valence-electron chi connectivity index (χ0n) is 21.5. The molecule has 0 bridgehead atoms. The second-order valence-corrected chi connectivity index (χ2v) is 9.73. The SMILES string of the molecule is C=CCOC(=O)c1sc(N2C(=O)C(=O)C(=C(O)c3ccc(OCCCC)cc3)[C@H]2c2cccc(F)c2)nc1C. The van der Waals surface area contributed by atoms with Crippen molar-refractivity contribution in [3.63, 3.8) is 0 Å². The van der Waals surface area contributed by atoms with E-state index in [1.165, 1.54) is 24.3 Å². The second-order valence-electron chi connectivity index (χ2n) is 8.75. The van der Waals surface area contributed by atoms with Gasteiger partial charge in [-0.3, -0.25) is 14.5 Å². The number of ether oxygens (including phenoxy) is 2. The van der Waals surface area contributed by atoms with Crippen LogP contribution < -0.4 is 9.64 Å². The molecule has 202 valence electrons. The van der Waals surface area contributed by atoms with Crippen LogP contribution in [0.5, 0.6) is 5.75 Å². The molecule has 1 aliphatic rings. The van der Waals surface area contributed by atoms with E-state index >= 15 is 0 Å². The Hall–Kier alpha value is -4.31. The van der Waals surface area contributed by atoms with Crippen LogP contribution in [0.15, 0.2) is 66.8 Å². The number of amides is 1. The van der Waals surface area contributed by atoms with Crippen molar-refractivity contribution in [1.82, 2.24) is 4.98 Å². The maximum absolute atomic E-state index is 14.3. The van der Waals surface area contributed by atoms with Gasteiger partial charge in [0.25, 0.3) is 5.78 Å². The number of anilines is 1. The minimum Gasteiger partial charge on any atom is -0.507 e. The van der Waals surface area contributed by atoms with E-state index < -0.39 is 35.3 Å². The highest BCUT2D eigenvalue weighted by Crippen LogP contribution is 2.44. The number of carbonyl (C=O) groups is 3. The Kier molecular flexibility index (Phi) is 8.55. The topological polar surface area (TPSA) is 106 Å². The number of thiazole rings is 1. The van der Waals surface area contributed by atoms with Crippen LogP contribution >= 0.6 is 11.3 Å². The third kappa shape index (κ3) is 5.75. The lowest BCUT2D eigenvalue weighted by Gasteiger charge is -2.23.